The number of carbonyl (C=O) groups excluding carboxylic acids is 1. The summed E-state index contributed by atoms with van der Waals surface area (Å²) in [7, 11) is 3.47. The van der Waals surface area contributed by atoms with E-state index in [1.54, 1.807) is 12.0 Å². The maximum Gasteiger partial charge on any atom is 0.254 e. The van der Waals surface area contributed by atoms with Crippen LogP contribution in [0.1, 0.15) is 21.5 Å². The van der Waals surface area contributed by atoms with Crippen LogP contribution in [0.2, 0.25) is 0 Å². The summed E-state index contributed by atoms with van der Waals surface area (Å²) in [4.78, 5) is 14.3. The SMILES string of the molecule is COCC(Br)CN(C)C(=O)c1c(C)cccc1C. The van der Waals surface area contributed by atoms with Crippen molar-refractivity contribution >= 4 is 21.8 Å². The molecule has 4 heteroatoms. The molecule has 0 aliphatic heterocycles. The average molecular weight is 314 g/mol. The van der Waals surface area contributed by atoms with Crippen LogP contribution in [-0.2, 0) is 4.74 Å². The minimum atomic E-state index is 0.0613. The van der Waals surface area contributed by atoms with E-state index in [-0.39, 0.29) is 10.7 Å². The zero-order chi connectivity index (χ0) is 13.7. The standard InChI is InChI=1S/C14H20BrNO2/c1-10-6-5-7-11(2)13(10)14(17)16(3)8-12(15)9-18-4/h5-7,12H,8-9H2,1-4H3. The first-order valence-corrected chi connectivity index (χ1v) is 6.83. The van der Waals surface area contributed by atoms with Gasteiger partial charge in [0, 0.05) is 26.3 Å². The van der Waals surface area contributed by atoms with Gasteiger partial charge in [-0.15, -0.1) is 0 Å². The minimum absolute atomic E-state index is 0.0613. The summed E-state index contributed by atoms with van der Waals surface area (Å²) in [6.07, 6.45) is 0. The monoisotopic (exact) mass is 313 g/mol. The number of halogens is 1. The molecule has 0 heterocycles. The molecule has 1 aromatic carbocycles. The lowest BCUT2D eigenvalue weighted by Crippen LogP contribution is -2.34. The molecule has 0 spiro atoms. The maximum absolute atomic E-state index is 12.4. The van der Waals surface area contributed by atoms with Crippen molar-refractivity contribution in [1.29, 1.82) is 0 Å². The van der Waals surface area contributed by atoms with Crippen molar-refractivity contribution in [2.24, 2.45) is 0 Å². The topological polar surface area (TPSA) is 29.5 Å². The number of alkyl halides is 1. The summed E-state index contributed by atoms with van der Waals surface area (Å²) in [6.45, 7) is 5.15. The van der Waals surface area contributed by atoms with Gasteiger partial charge in [-0.25, -0.2) is 0 Å². The fourth-order valence-electron chi connectivity index (χ4n) is 1.96. The van der Waals surface area contributed by atoms with Crippen LogP contribution in [0.4, 0.5) is 0 Å². The molecule has 1 amide bonds. The van der Waals surface area contributed by atoms with Crippen molar-refractivity contribution in [3.05, 3.63) is 34.9 Å². The van der Waals surface area contributed by atoms with Crippen LogP contribution < -0.4 is 0 Å². The molecule has 0 aliphatic carbocycles. The van der Waals surface area contributed by atoms with Crippen molar-refractivity contribution < 1.29 is 9.53 Å². The Kier molecular flexibility index (Phi) is 5.82. The first kappa shape index (κ1) is 15.2. The quantitative estimate of drug-likeness (QED) is 0.782. The number of hydrogen-bond acceptors (Lipinski definition) is 2. The molecule has 0 N–H and O–H groups in total. The normalized spacial score (nSPS) is 12.3. The van der Waals surface area contributed by atoms with E-state index in [1.807, 2.05) is 39.1 Å². The van der Waals surface area contributed by atoms with Crippen molar-refractivity contribution in [2.75, 3.05) is 27.3 Å². The summed E-state index contributed by atoms with van der Waals surface area (Å²) in [5.41, 5.74) is 2.84. The van der Waals surface area contributed by atoms with Gasteiger partial charge in [0.15, 0.2) is 0 Å². The highest BCUT2D eigenvalue weighted by Crippen LogP contribution is 2.16. The molecule has 0 aromatic heterocycles. The van der Waals surface area contributed by atoms with Gasteiger partial charge < -0.3 is 9.64 Å². The largest absolute Gasteiger partial charge is 0.383 e. The van der Waals surface area contributed by atoms with Gasteiger partial charge in [-0.2, -0.15) is 0 Å². The smallest absolute Gasteiger partial charge is 0.254 e. The molecule has 0 saturated heterocycles. The Hall–Kier alpha value is -0.870. The molecule has 100 valence electrons. The second-order valence-corrected chi connectivity index (χ2v) is 5.80. The number of hydrogen-bond donors (Lipinski definition) is 0. The molecule has 1 atom stereocenters. The van der Waals surface area contributed by atoms with Crippen LogP contribution in [0.3, 0.4) is 0 Å². The van der Waals surface area contributed by atoms with Gasteiger partial charge in [0.05, 0.1) is 11.4 Å². The van der Waals surface area contributed by atoms with E-state index in [0.717, 1.165) is 16.7 Å². The van der Waals surface area contributed by atoms with Crippen LogP contribution in [0.5, 0.6) is 0 Å². The lowest BCUT2D eigenvalue weighted by Gasteiger charge is -2.22. The Labute approximate surface area is 117 Å². The number of nitrogens with zero attached hydrogens (tertiary/aromatic N) is 1. The predicted octanol–water partition coefficient (Wildman–Crippen LogP) is 2.79. The third kappa shape index (κ3) is 3.82. The highest BCUT2D eigenvalue weighted by molar-refractivity contribution is 9.09. The number of aryl methyl sites for hydroxylation is 2. The van der Waals surface area contributed by atoms with Crippen molar-refractivity contribution in [1.82, 2.24) is 4.90 Å². The molecule has 0 radical (unpaired) electrons. The fraction of sp³-hybridized carbons (Fsp3) is 0.500. The van der Waals surface area contributed by atoms with E-state index in [4.69, 9.17) is 4.74 Å². The predicted molar refractivity (Wildman–Crippen MR) is 77.5 cm³/mol. The Morgan fingerprint density at radius 2 is 1.94 bits per heavy atom. The molecule has 0 aliphatic rings. The van der Waals surface area contributed by atoms with Gasteiger partial charge in [0.1, 0.15) is 0 Å². The second kappa shape index (κ2) is 6.90. The van der Waals surface area contributed by atoms with E-state index < -0.39 is 0 Å². The Balaban J connectivity index is 2.81. The van der Waals surface area contributed by atoms with Crippen LogP contribution in [0.25, 0.3) is 0 Å². The maximum atomic E-state index is 12.4. The Bertz CT molecular complexity index is 400. The van der Waals surface area contributed by atoms with E-state index >= 15 is 0 Å². The minimum Gasteiger partial charge on any atom is -0.383 e. The van der Waals surface area contributed by atoms with E-state index in [9.17, 15) is 4.79 Å². The Morgan fingerprint density at radius 1 is 1.39 bits per heavy atom. The summed E-state index contributed by atoms with van der Waals surface area (Å²) >= 11 is 3.50. The summed E-state index contributed by atoms with van der Waals surface area (Å²) < 4.78 is 5.05. The van der Waals surface area contributed by atoms with Gasteiger partial charge in [-0.1, -0.05) is 34.1 Å². The molecule has 0 saturated carbocycles. The molecular formula is C14H20BrNO2. The summed E-state index contributed by atoms with van der Waals surface area (Å²) in [5, 5.41) is 0. The number of methoxy groups -OCH3 is 1. The van der Waals surface area contributed by atoms with Crippen LogP contribution in [0, 0.1) is 13.8 Å². The summed E-state index contributed by atoms with van der Waals surface area (Å²) in [6, 6.07) is 5.91. The van der Waals surface area contributed by atoms with Crippen molar-refractivity contribution in [2.45, 2.75) is 18.7 Å². The average Bonchev–Trinajstić information content (AvgIpc) is 2.28. The van der Waals surface area contributed by atoms with Crippen molar-refractivity contribution in [3.8, 4) is 0 Å². The molecule has 0 fully saturated rings. The molecule has 3 nitrogen and oxygen atoms in total. The third-order valence-corrected chi connectivity index (χ3v) is 3.42. The zero-order valence-electron chi connectivity index (χ0n) is 11.4. The lowest BCUT2D eigenvalue weighted by molar-refractivity contribution is 0.0783. The highest BCUT2D eigenvalue weighted by Gasteiger charge is 2.18. The van der Waals surface area contributed by atoms with Gasteiger partial charge in [-0.3, -0.25) is 4.79 Å². The molecule has 1 aromatic rings. The molecular weight excluding hydrogens is 294 g/mol. The molecule has 0 bridgehead atoms. The zero-order valence-corrected chi connectivity index (χ0v) is 13.0. The van der Waals surface area contributed by atoms with Crippen LogP contribution in [-0.4, -0.2) is 42.9 Å². The molecule has 1 unspecified atom stereocenters. The van der Waals surface area contributed by atoms with Gasteiger partial charge in [-0.05, 0) is 25.0 Å². The van der Waals surface area contributed by atoms with E-state index in [0.29, 0.717) is 13.2 Å². The van der Waals surface area contributed by atoms with E-state index in [2.05, 4.69) is 15.9 Å². The summed E-state index contributed by atoms with van der Waals surface area (Å²) in [5.74, 6) is 0.0613. The second-order valence-electron chi connectivity index (χ2n) is 4.51. The number of rotatable bonds is 5. The number of benzene rings is 1. The van der Waals surface area contributed by atoms with Crippen molar-refractivity contribution in [3.63, 3.8) is 0 Å². The first-order chi connectivity index (χ1) is 8.47. The third-order valence-electron chi connectivity index (χ3n) is 2.86. The molecule has 1 rings (SSSR count). The van der Waals surface area contributed by atoms with Crippen LogP contribution in [0.15, 0.2) is 18.2 Å². The Morgan fingerprint density at radius 3 is 2.44 bits per heavy atom. The van der Waals surface area contributed by atoms with Gasteiger partial charge in [0.2, 0.25) is 0 Å². The molecule has 18 heavy (non-hydrogen) atoms. The van der Waals surface area contributed by atoms with Crippen LogP contribution >= 0.6 is 15.9 Å². The lowest BCUT2D eigenvalue weighted by atomic mass is 10.0. The van der Waals surface area contributed by atoms with E-state index in [1.165, 1.54) is 0 Å². The number of ether oxygens (including phenoxy) is 1. The highest BCUT2D eigenvalue weighted by atomic mass is 79.9. The van der Waals surface area contributed by atoms with Gasteiger partial charge in [0.25, 0.3) is 5.91 Å². The first-order valence-electron chi connectivity index (χ1n) is 5.92. The number of amides is 1. The number of carbonyl (C=O) groups is 1. The fourth-order valence-corrected chi connectivity index (χ4v) is 2.65. The van der Waals surface area contributed by atoms with Gasteiger partial charge >= 0.3 is 0 Å².